The van der Waals surface area contributed by atoms with Crippen LogP contribution in [0, 0.1) is 0 Å². The standard InChI is InChI=1S/C9H19NO2/c1-7(2)10-4-8(3)12-9(5-10)6-11/h7-9,11H,4-6H2,1-3H3. The first-order chi connectivity index (χ1) is 5.63. The molecular formula is C9H19NO2. The van der Waals surface area contributed by atoms with Crippen molar-refractivity contribution in [3.8, 4) is 0 Å². The molecule has 0 aliphatic carbocycles. The third-order valence-electron chi connectivity index (χ3n) is 2.29. The highest BCUT2D eigenvalue weighted by atomic mass is 16.5. The van der Waals surface area contributed by atoms with E-state index in [0.29, 0.717) is 6.04 Å². The second-order valence-electron chi connectivity index (χ2n) is 3.80. The molecule has 2 unspecified atom stereocenters. The summed E-state index contributed by atoms with van der Waals surface area (Å²) in [5.74, 6) is 0. The minimum absolute atomic E-state index is 0.0103. The van der Waals surface area contributed by atoms with Gasteiger partial charge in [0.25, 0.3) is 0 Å². The van der Waals surface area contributed by atoms with Crippen LogP contribution in [0.3, 0.4) is 0 Å². The average molecular weight is 173 g/mol. The number of aliphatic hydroxyl groups excluding tert-OH is 1. The Kier molecular flexibility index (Phi) is 3.50. The van der Waals surface area contributed by atoms with Crippen LogP contribution in [0.5, 0.6) is 0 Å². The van der Waals surface area contributed by atoms with Gasteiger partial charge in [-0.05, 0) is 20.8 Å². The van der Waals surface area contributed by atoms with Gasteiger partial charge in [-0.1, -0.05) is 0 Å². The maximum Gasteiger partial charge on any atom is 0.0936 e. The van der Waals surface area contributed by atoms with E-state index >= 15 is 0 Å². The Morgan fingerprint density at radius 3 is 2.67 bits per heavy atom. The van der Waals surface area contributed by atoms with Crippen molar-refractivity contribution in [3.63, 3.8) is 0 Å². The highest BCUT2D eigenvalue weighted by Gasteiger charge is 2.25. The molecule has 72 valence electrons. The maximum atomic E-state index is 8.96. The van der Waals surface area contributed by atoms with E-state index in [1.165, 1.54) is 0 Å². The Labute approximate surface area is 74.3 Å². The summed E-state index contributed by atoms with van der Waals surface area (Å²) in [7, 11) is 0. The molecule has 3 heteroatoms. The Morgan fingerprint density at radius 1 is 1.50 bits per heavy atom. The van der Waals surface area contributed by atoms with Gasteiger partial charge in [-0.25, -0.2) is 0 Å². The minimum atomic E-state index is 0.0103. The first-order valence-corrected chi connectivity index (χ1v) is 4.64. The monoisotopic (exact) mass is 173 g/mol. The van der Waals surface area contributed by atoms with E-state index in [1.54, 1.807) is 0 Å². The molecule has 0 aromatic heterocycles. The zero-order chi connectivity index (χ0) is 9.14. The molecule has 1 aliphatic rings. The van der Waals surface area contributed by atoms with E-state index in [1.807, 2.05) is 0 Å². The Hall–Kier alpha value is -0.120. The van der Waals surface area contributed by atoms with E-state index < -0.39 is 0 Å². The summed E-state index contributed by atoms with van der Waals surface area (Å²) < 4.78 is 5.52. The van der Waals surface area contributed by atoms with Crippen LogP contribution in [0.2, 0.25) is 0 Å². The normalized spacial score (nSPS) is 32.8. The zero-order valence-electron chi connectivity index (χ0n) is 8.16. The largest absolute Gasteiger partial charge is 0.394 e. The van der Waals surface area contributed by atoms with Gasteiger partial charge >= 0.3 is 0 Å². The smallest absolute Gasteiger partial charge is 0.0936 e. The topological polar surface area (TPSA) is 32.7 Å². The average Bonchev–Trinajstić information content (AvgIpc) is 2.03. The van der Waals surface area contributed by atoms with Crippen molar-refractivity contribution in [1.82, 2.24) is 4.90 Å². The molecule has 1 heterocycles. The van der Waals surface area contributed by atoms with Crippen molar-refractivity contribution in [2.45, 2.75) is 39.0 Å². The van der Waals surface area contributed by atoms with Crippen molar-refractivity contribution in [2.24, 2.45) is 0 Å². The predicted octanol–water partition coefficient (Wildman–Crippen LogP) is 0.476. The molecule has 0 bridgehead atoms. The third kappa shape index (κ3) is 2.44. The van der Waals surface area contributed by atoms with Crippen LogP contribution in [-0.2, 0) is 4.74 Å². The molecular weight excluding hydrogens is 154 g/mol. The van der Waals surface area contributed by atoms with E-state index in [9.17, 15) is 0 Å². The molecule has 0 radical (unpaired) electrons. The van der Waals surface area contributed by atoms with Crippen LogP contribution in [0.25, 0.3) is 0 Å². The summed E-state index contributed by atoms with van der Waals surface area (Å²) in [6.45, 7) is 8.37. The van der Waals surface area contributed by atoms with Crippen LogP contribution >= 0.6 is 0 Å². The number of morpholine rings is 1. The lowest BCUT2D eigenvalue weighted by Crippen LogP contribution is -2.50. The summed E-state index contributed by atoms with van der Waals surface area (Å²) in [5, 5.41) is 8.96. The van der Waals surface area contributed by atoms with Crippen molar-refractivity contribution in [3.05, 3.63) is 0 Å². The Morgan fingerprint density at radius 2 is 2.17 bits per heavy atom. The fraction of sp³-hybridized carbons (Fsp3) is 1.00. The van der Waals surface area contributed by atoms with Crippen LogP contribution in [0.1, 0.15) is 20.8 Å². The SMILES string of the molecule is CC1CN(C(C)C)CC(CO)O1. The summed E-state index contributed by atoms with van der Waals surface area (Å²) in [6.07, 6.45) is 0.259. The number of hydrogen-bond donors (Lipinski definition) is 1. The van der Waals surface area contributed by atoms with Gasteiger partial charge in [0.2, 0.25) is 0 Å². The second-order valence-corrected chi connectivity index (χ2v) is 3.80. The first kappa shape index (κ1) is 9.96. The lowest BCUT2D eigenvalue weighted by molar-refractivity contribution is -0.102. The fourth-order valence-electron chi connectivity index (χ4n) is 1.60. The summed E-state index contributed by atoms with van der Waals surface area (Å²) in [4.78, 5) is 2.34. The fourth-order valence-corrected chi connectivity index (χ4v) is 1.60. The van der Waals surface area contributed by atoms with Gasteiger partial charge in [0.1, 0.15) is 0 Å². The first-order valence-electron chi connectivity index (χ1n) is 4.64. The molecule has 3 nitrogen and oxygen atoms in total. The highest BCUT2D eigenvalue weighted by molar-refractivity contribution is 4.77. The van der Waals surface area contributed by atoms with Crippen LogP contribution in [0.15, 0.2) is 0 Å². The van der Waals surface area contributed by atoms with Gasteiger partial charge < -0.3 is 9.84 Å². The van der Waals surface area contributed by atoms with Gasteiger partial charge in [0, 0.05) is 19.1 Å². The third-order valence-corrected chi connectivity index (χ3v) is 2.29. The molecule has 0 aromatic carbocycles. The number of hydrogen-bond acceptors (Lipinski definition) is 3. The number of nitrogens with zero attached hydrogens (tertiary/aromatic N) is 1. The second kappa shape index (κ2) is 4.21. The minimum Gasteiger partial charge on any atom is -0.394 e. The molecule has 12 heavy (non-hydrogen) atoms. The molecule has 1 aliphatic heterocycles. The van der Waals surface area contributed by atoms with Gasteiger partial charge in [-0.3, -0.25) is 4.90 Å². The van der Waals surface area contributed by atoms with Gasteiger partial charge in [-0.15, -0.1) is 0 Å². The molecule has 1 rings (SSSR count). The van der Waals surface area contributed by atoms with E-state index in [0.717, 1.165) is 13.1 Å². The van der Waals surface area contributed by atoms with Crippen molar-refractivity contribution in [2.75, 3.05) is 19.7 Å². The lowest BCUT2D eigenvalue weighted by atomic mass is 10.2. The Balaban J connectivity index is 2.45. The van der Waals surface area contributed by atoms with Crippen molar-refractivity contribution in [1.29, 1.82) is 0 Å². The van der Waals surface area contributed by atoms with Crippen molar-refractivity contribution < 1.29 is 9.84 Å². The molecule has 1 fully saturated rings. The molecule has 0 aromatic rings. The maximum absolute atomic E-state index is 8.96. The molecule has 1 N–H and O–H groups in total. The molecule has 1 saturated heterocycles. The predicted molar refractivity (Wildman–Crippen MR) is 48.1 cm³/mol. The van der Waals surface area contributed by atoms with Crippen molar-refractivity contribution >= 4 is 0 Å². The number of rotatable bonds is 2. The highest BCUT2D eigenvalue weighted by Crippen LogP contribution is 2.12. The number of aliphatic hydroxyl groups is 1. The van der Waals surface area contributed by atoms with E-state index in [-0.39, 0.29) is 18.8 Å². The number of ether oxygens (including phenoxy) is 1. The molecule has 0 saturated carbocycles. The van der Waals surface area contributed by atoms with Gasteiger partial charge in [0.05, 0.1) is 18.8 Å². The lowest BCUT2D eigenvalue weighted by Gasteiger charge is -2.38. The van der Waals surface area contributed by atoms with Crippen LogP contribution in [0.4, 0.5) is 0 Å². The van der Waals surface area contributed by atoms with E-state index in [2.05, 4.69) is 25.7 Å². The summed E-state index contributed by atoms with van der Waals surface area (Å²) in [5.41, 5.74) is 0. The summed E-state index contributed by atoms with van der Waals surface area (Å²) in [6, 6.07) is 0.547. The van der Waals surface area contributed by atoms with E-state index in [4.69, 9.17) is 9.84 Å². The van der Waals surface area contributed by atoms with Crippen LogP contribution < -0.4 is 0 Å². The Bertz CT molecular complexity index is 138. The van der Waals surface area contributed by atoms with Gasteiger partial charge in [0.15, 0.2) is 0 Å². The molecule has 0 amide bonds. The molecule has 2 atom stereocenters. The summed E-state index contributed by atoms with van der Waals surface area (Å²) >= 11 is 0. The van der Waals surface area contributed by atoms with Crippen LogP contribution in [-0.4, -0.2) is 48.0 Å². The van der Waals surface area contributed by atoms with Gasteiger partial charge in [-0.2, -0.15) is 0 Å². The molecule has 0 spiro atoms. The zero-order valence-corrected chi connectivity index (χ0v) is 8.16. The quantitative estimate of drug-likeness (QED) is 0.659.